The first-order valence-corrected chi connectivity index (χ1v) is 9.46. The molecule has 3 nitrogen and oxygen atoms in total. The van der Waals surface area contributed by atoms with E-state index in [4.69, 9.17) is 9.47 Å². The number of esters is 1. The maximum atomic E-state index is 12.6. The molecule has 0 bridgehead atoms. The lowest BCUT2D eigenvalue weighted by Crippen LogP contribution is -2.37. The Kier molecular flexibility index (Phi) is 3.58. The van der Waals surface area contributed by atoms with Gasteiger partial charge in [0.2, 0.25) is 5.60 Å². The molecule has 0 heterocycles. The third-order valence-corrected chi connectivity index (χ3v) is 5.64. The molecule has 0 amide bonds. The van der Waals surface area contributed by atoms with Gasteiger partial charge in [-0.25, -0.2) is 4.79 Å². The Labute approximate surface area is 150 Å². The molecule has 0 aliphatic heterocycles. The van der Waals surface area contributed by atoms with E-state index < -0.39 is 11.2 Å². The lowest BCUT2D eigenvalue weighted by atomic mass is 9.57. The van der Waals surface area contributed by atoms with Gasteiger partial charge in [0.1, 0.15) is 11.4 Å². The predicted octanol–water partition coefficient (Wildman–Crippen LogP) is 5.21. The summed E-state index contributed by atoms with van der Waals surface area (Å²) < 4.78 is 11.9. The maximum Gasteiger partial charge on any atom is 0.351 e. The molecule has 3 aliphatic rings. The topological polar surface area (TPSA) is 35.5 Å². The first kappa shape index (κ1) is 16.7. The zero-order chi connectivity index (χ0) is 17.9. The lowest BCUT2D eigenvalue weighted by molar-refractivity contribution is -0.165. The molecule has 4 rings (SSSR count). The van der Waals surface area contributed by atoms with E-state index in [-0.39, 0.29) is 5.97 Å². The van der Waals surface area contributed by atoms with E-state index in [0.717, 1.165) is 36.1 Å². The van der Waals surface area contributed by atoms with Gasteiger partial charge in [0.15, 0.2) is 0 Å². The van der Waals surface area contributed by atoms with Crippen LogP contribution >= 0.6 is 0 Å². The second-order valence-electron chi connectivity index (χ2n) is 9.16. The highest BCUT2D eigenvalue weighted by Crippen LogP contribution is 2.58. The van der Waals surface area contributed by atoms with E-state index in [2.05, 4.69) is 31.2 Å². The number of benzene rings is 1. The number of ether oxygens (including phenoxy) is 2. The van der Waals surface area contributed by atoms with Crippen molar-refractivity contribution in [2.45, 2.75) is 77.4 Å². The Balaban J connectivity index is 1.57. The van der Waals surface area contributed by atoms with Crippen LogP contribution in [-0.2, 0) is 9.53 Å². The van der Waals surface area contributed by atoms with Crippen molar-refractivity contribution in [2.24, 2.45) is 5.41 Å². The van der Waals surface area contributed by atoms with Crippen molar-refractivity contribution in [1.29, 1.82) is 0 Å². The summed E-state index contributed by atoms with van der Waals surface area (Å²) in [5.74, 6) is 0.606. The molecule has 2 saturated carbocycles. The molecule has 3 aliphatic carbocycles. The molecule has 0 saturated heterocycles. The van der Waals surface area contributed by atoms with E-state index >= 15 is 0 Å². The second-order valence-corrected chi connectivity index (χ2v) is 9.16. The monoisotopic (exact) mass is 340 g/mol. The van der Waals surface area contributed by atoms with Gasteiger partial charge in [-0.05, 0) is 69.6 Å². The van der Waals surface area contributed by atoms with Crippen molar-refractivity contribution < 1.29 is 14.3 Å². The van der Waals surface area contributed by atoms with E-state index in [0.29, 0.717) is 5.41 Å². The summed E-state index contributed by atoms with van der Waals surface area (Å²) in [6, 6.07) is 6.33. The number of rotatable bonds is 4. The zero-order valence-corrected chi connectivity index (χ0v) is 15.8. The Bertz CT molecular complexity index is 743. The number of hydrogen-bond acceptors (Lipinski definition) is 3. The molecule has 134 valence electrons. The molecule has 25 heavy (non-hydrogen) atoms. The minimum atomic E-state index is -0.783. The van der Waals surface area contributed by atoms with E-state index in [1.807, 2.05) is 20.8 Å². The van der Waals surface area contributed by atoms with Gasteiger partial charge in [0, 0.05) is 18.4 Å². The summed E-state index contributed by atoms with van der Waals surface area (Å²) in [6.07, 6.45) is 9.03. The molecular formula is C22H28O3. The standard InChI is InChI=1S/C22H28O3/c1-15-6-7-17(16-13-21(14-16)8-5-9-21)18(12-15)24-22(10-11-22)19(23)25-20(2,3)4/h6-7,12-13H,5,8-11,14H2,1-4H3. The third kappa shape index (κ3) is 3.09. The number of carbonyl (C=O) groups excluding carboxylic acids is 1. The smallest absolute Gasteiger partial charge is 0.351 e. The fourth-order valence-corrected chi connectivity index (χ4v) is 3.87. The van der Waals surface area contributed by atoms with E-state index in [1.54, 1.807) is 0 Å². The quantitative estimate of drug-likeness (QED) is 0.706. The van der Waals surface area contributed by atoms with Crippen LogP contribution in [-0.4, -0.2) is 17.2 Å². The van der Waals surface area contributed by atoms with Crippen LogP contribution in [0.2, 0.25) is 0 Å². The summed E-state index contributed by atoms with van der Waals surface area (Å²) in [5.41, 5.74) is 2.87. The second kappa shape index (κ2) is 5.36. The molecule has 0 radical (unpaired) electrons. The lowest BCUT2D eigenvalue weighted by Gasteiger charge is -2.47. The van der Waals surface area contributed by atoms with Gasteiger partial charge in [0.05, 0.1) is 0 Å². The molecule has 0 N–H and O–H groups in total. The molecule has 3 heteroatoms. The fourth-order valence-electron chi connectivity index (χ4n) is 3.87. The molecule has 1 aromatic carbocycles. The Morgan fingerprint density at radius 2 is 1.80 bits per heavy atom. The average Bonchev–Trinajstić information content (AvgIpc) is 3.17. The first-order chi connectivity index (χ1) is 11.7. The Hall–Kier alpha value is -1.77. The van der Waals surface area contributed by atoms with Crippen LogP contribution in [0.5, 0.6) is 5.75 Å². The highest BCUT2D eigenvalue weighted by Gasteiger charge is 2.56. The molecule has 0 aromatic heterocycles. The van der Waals surface area contributed by atoms with Crippen molar-refractivity contribution in [1.82, 2.24) is 0 Å². The summed E-state index contributed by atoms with van der Waals surface area (Å²) >= 11 is 0. The highest BCUT2D eigenvalue weighted by molar-refractivity contribution is 5.84. The van der Waals surface area contributed by atoms with Gasteiger partial charge in [0.25, 0.3) is 0 Å². The van der Waals surface area contributed by atoms with E-state index in [9.17, 15) is 4.79 Å². The van der Waals surface area contributed by atoms with E-state index in [1.165, 1.54) is 24.8 Å². The molecule has 0 unspecified atom stereocenters. The fraction of sp³-hybridized carbons (Fsp3) is 0.591. The molecule has 1 aromatic rings. The number of carbonyl (C=O) groups is 1. The normalized spacial score (nSPS) is 22.5. The molecule has 2 fully saturated rings. The average molecular weight is 340 g/mol. The van der Waals surface area contributed by atoms with Crippen LogP contribution in [0.15, 0.2) is 24.3 Å². The Morgan fingerprint density at radius 1 is 1.12 bits per heavy atom. The Morgan fingerprint density at radius 3 is 2.32 bits per heavy atom. The summed E-state index contributed by atoms with van der Waals surface area (Å²) in [5, 5.41) is 0. The van der Waals surface area contributed by atoms with Crippen molar-refractivity contribution in [3.63, 3.8) is 0 Å². The zero-order valence-electron chi connectivity index (χ0n) is 15.8. The third-order valence-electron chi connectivity index (χ3n) is 5.64. The summed E-state index contributed by atoms with van der Waals surface area (Å²) in [4.78, 5) is 12.6. The van der Waals surface area contributed by atoms with Gasteiger partial charge in [-0.15, -0.1) is 0 Å². The SMILES string of the molecule is Cc1ccc(C2=CC3(CCC3)C2)c(OC2(C(=O)OC(C)(C)C)CC2)c1. The number of hydrogen-bond donors (Lipinski definition) is 0. The van der Waals surface area contributed by atoms with Gasteiger partial charge in [-0.2, -0.15) is 0 Å². The van der Waals surface area contributed by atoms with Gasteiger partial charge in [-0.1, -0.05) is 24.6 Å². The van der Waals surface area contributed by atoms with Crippen LogP contribution in [0.1, 0.15) is 70.4 Å². The maximum absolute atomic E-state index is 12.6. The van der Waals surface area contributed by atoms with Crippen LogP contribution in [0.4, 0.5) is 0 Å². The van der Waals surface area contributed by atoms with Gasteiger partial charge < -0.3 is 9.47 Å². The van der Waals surface area contributed by atoms with Crippen molar-refractivity contribution >= 4 is 11.5 Å². The van der Waals surface area contributed by atoms with Crippen LogP contribution in [0.3, 0.4) is 0 Å². The minimum absolute atomic E-state index is 0.231. The van der Waals surface area contributed by atoms with Crippen molar-refractivity contribution in [2.75, 3.05) is 0 Å². The molecule has 1 spiro atoms. The predicted molar refractivity (Wildman–Crippen MR) is 98.5 cm³/mol. The van der Waals surface area contributed by atoms with Crippen LogP contribution in [0.25, 0.3) is 5.57 Å². The van der Waals surface area contributed by atoms with Crippen molar-refractivity contribution in [3.05, 3.63) is 35.4 Å². The van der Waals surface area contributed by atoms with Crippen molar-refractivity contribution in [3.8, 4) is 5.75 Å². The van der Waals surface area contributed by atoms with Crippen LogP contribution in [0, 0.1) is 12.3 Å². The number of allylic oxidation sites excluding steroid dienone is 2. The highest BCUT2D eigenvalue weighted by atomic mass is 16.6. The minimum Gasteiger partial charge on any atom is -0.475 e. The summed E-state index contributed by atoms with van der Waals surface area (Å²) in [7, 11) is 0. The molecular weight excluding hydrogens is 312 g/mol. The summed E-state index contributed by atoms with van der Waals surface area (Å²) in [6.45, 7) is 7.76. The van der Waals surface area contributed by atoms with Gasteiger partial charge >= 0.3 is 5.97 Å². The van der Waals surface area contributed by atoms with Gasteiger partial charge in [-0.3, -0.25) is 0 Å². The number of aryl methyl sites for hydroxylation is 1. The van der Waals surface area contributed by atoms with Crippen LogP contribution < -0.4 is 4.74 Å². The largest absolute Gasteiger partial charge is 0.475 e. The first-order valence-electron chi connectivity index (χ1n) is 9.46. The molecule has 0 atom stereocenters.